The van der Waals surface area contributed by atoms with Gasteiger partial charge in [0.1, 0.15) is 0 Å². The molecule has 1 N–H and O–H groups in total. The van der Waals surface area contributed by atoms with Crippen LogP contribution in [-0.4, -0.2) is 17.6 Å². The van der Waals surface area contributed by atoms with E-state index in [0.717, 1.165) is 12.3 Å². The van der Waals surface area contributed by atoms with E-state index in [0.29, 0.717) is 0 Å². The second kappa shape index (κ2) is 5.39. The molecule has 0 aliphatic heterocycles. The molecule has 0 atom stereocenters. The predicted molar refractivity (Wildman–Crippen MR) is 52.4 cm³/mol. The highest BCUT2D eigenvalue weighted by Crippen LogP contribution is 2.20. The zero-order valence-corrected chi connectivity index (χ0v) is 8.63. The zero-order valence-electron chi connectivity index (χ0n) is 8.63. The summed E-state index contributed by atoms with van der Waals surface area (Å²) in [7, 11) is 0. The molecule has 6 heteroatoms. The van der Waals surface area contributed by atoms with Crippen molar-refractivity contribution in [3.8, 4) is 0 Å². The number of H-pyrrole nitrogens is 1. The van der Waals surface area contributed by atoms with E-state index in [9.17, 15) is 18.4 Å². The number of halogens is 2. The summed E-state index contributed by atoms with van der Waals surface area (Å²) in [5.74, 6) is -0.693. The maximum Gasteiger partial charge on any atom is 0.310 e. The van der Waals surface area contributed by atoms with Crippen molar-refractivity contribution in [3.05, 3.63) is 33.7 Å². The van der Waals surface area contributed by atoms with E-state index in [4.69, 9.17) is 0 Å². The Morgan fingerprint density at radius 1 is 1.56 bits per heavy atom. The average Bonchev–Trinajstić information content (AvgIpc) is 2.21. The number of hydrogen-bond donors (Lipinski definition) is 1. The first-order valence-electron chi connectivity index (χ1n) is 4.70. The Bertz CT molecular complexity index is 428. The molecule has 0 amide bonds. The fraction of sp³-hybridized carbons (Fsp3) is 0.400. The fourth-order valence-electron chi connectivity index (χ4n) is 1.27. The van der Waals surface area contributed by atoms with Gasteiger partial charge in [0.2, 0.25) is 0 Å². The summed E-state index contributed by atoms with van der Waals surface area (Å²) in [4.78, 5) is 24.7. The fourth-order valence-corrected chi connectivity index (χ4v) is 1.27. The standard InChI is InChI=1S/C10H11F2NO3/c1-2-16-8(14)5-7-6(9(11)12)3-4-13-10(7)15/h3-4,9H,2,5H2,1H3,(H,13,15). The number of ether oxygens (including phenoxy) is 1. The Balaban J connectivity index is 3.02. The second-order valence-corrected chi connectivity index (χ2v) is 3.02. The van der Waals surface area contributed by atoms with E-state index in [-0.39, 0.29) is 12.2 Å². The minimum absolute atomic E-state index is 0.146. The van der Waals surface area contributed by atoms with Gasteiger partial charge in [-0.3, -0.25) is 9.59 Å². The van der Waals surface area contributed by atoms with Gasteiger partial charge in [-0.05, 0) is 13.0 Å². The summed E-state index contributed by atoms with van der Waals surface area (Å²) < 4.78 is 29.7. The number of alkyl halides is 2. The normalized spacial score (nSPS) is 10.5. The molecule has 0 saturated carbocycles. The van der Waals surface area contributed by atoms with E-state index in [1.807, 2.05) is 0 Å². The summed E-state index contributed by atoms with van der Waals surface area (Å²) in [5, 5.41) is 0. The molecule has 0 unspecified atom stereocenters. The molecule has 4 nitrogen and oxygen atoms in total. The van der Waals surface area contributed by atoms with E-state index in [1.54, 1.807) is 6.92 Å². The molecule has 0 aliphatic rings. The summed E-state index contributed by atoms with van der Waals surface area (Å²) in [6, 6.07) is 1.08. The van der Waals surface area contributed by atoms with Crippen molar-refractivity contribution in [1.29, 1.82) is 0 Å². The average molecular weight is 231 g/mol. The lowest BCUT2D eigenvalue weighted by atomic mass is 10.1. The third-order valence-electron chi connectivity index (χ3n) is 1.96. The number of nitrogens with one attached hydrogen (secondary N) is 1. The van der Waals surface area contributed by atoms with Crippen molar-refractivity contribution in [1.82, 2.24) is 4.98 Å². The number of carbonyl (C=O) groups is 1. The van der Waals surface area contributed by atoms with E-state index >= 15 is 0 Å². The van der Waals surface area contributed by atoms with Crippen LogP contribution in [0.2, 0.25) is 0 Å². The maximum atomic E-state index is 12.5. The molecular formula is C10H11F2NO3. The Hall–Kier alpha value is -1.72. The van der Waals surface area contributed by atoms with Crippen LogP contribution >= 0.6 is 0 Å². The lowest BCUT2D eigenvalue weighted by Gasteiger charge is -2.06. The van der Waals surface area contributed by atoms with E-state index in [2.05, 4.69) is 9.72 Å². The van der Waals surface area contributed by atoms with Crippen molar-refractivity contribution in [3.63, 3.8) is 0 Å². The van der Waals surface area contributed by atoms with Gasteiger partial charge in [-0.15, -0.1) is 0 Å². The SMILES string of the molecule is CCOC(=O)Cc1c(C(F)F)cc[nH]c1=O. The smallest absolute Gasteiger partial charge is 0.310 e. The molecule has 0 saturated heterocycles. The number of rotatable bonds is 4. The highest BCUT2D eigenvalue weighted by Gasteiger charge is 2.18. The highest BCUT2D eigenvalue weighted by atomic mass is 19.3. The van der Waals surface area contributed by atoms with Crippen LogP contribution in [0.25, 0.3) is 0 Å². The molecule has 0 bridgehead atoms. The van der Waals surface area contributed by atoms with Crippen molar-refractivity contribution in [2.45, 2.75) is 19.8 Å². The van der Waals surface area contributed by atoms with Crippen LogP contribution in [0.15, 0.2) is 17.1 Å². The van der Waals surface area contributed by atoms with Crippen LogP contribution in [0.3, 0.4) is 0 Å². The highest BCUT2D eigenvalue weighted by molar-refractivity contribution is 5.72. The van der Waals surface area contributed by atoms with Crippen LogP contribution in [0.1, 0.15) is 24.5 Å². The van der Waals surface area contributed by atoms with Gasteiger partial charge in [0.05, 0.1) is 13.0 Å². The molecular weight excluding hydrogens is 220 g/mol. The molecule has 0 aromatic carbocycles. The molecule has 1 aromatic heterocycles. The summed E-state index contributed by atoms with van der Waals surface area (Å²) in [6.07, 6.45) is -2.10. The Morgan fingerprint density at radius 3 is 2.81 bits per heavy atom. The Kier molecular flexibility index (Phi) is 4.16. The van der Waals surface area contributed by atoms with Gasteiger partial charge in [0.15, 0.2) is 0 Å². The van der Waals surface area contributed by atoms with E-state index < -0.39 is 29.9 Å². The molecule has 1 aromatic rings. The maximum absolute atomic E-state index is 12.5. The molecule has 16 heavy (non-hydrogen) atoms. The first-order valence-corrected chi connectivity index (χ1v) is 4.70. The topological polar surface area (TPSA) is 59.2 Å². The number of aromatic nitrogens is 1. The van der Waals surface area contributed by atoms with Gasteiger partial charge < -0.3 is 9.72 Å². The predicted octanol–water partition coefficient (Wildman–Crippen LogP) is 1.42. The number of pyridine rings is 1. The number of hydrogen-bond acceptors (Lipinski definition) is 3. The zero-order chi connectivity index (χ0) is 12.1. The van der Waals surface area contributed by atoms with E-state index in [1.165, 1.54) is 0 Å². The molecule has 0 spiro atoms. The number of esters is 1. The van der Waals surface area contributed by atoms with Crippen LogP contribution in [0, 0.1) is 0 Å². The lowest BCUT2D eigenvalue weighted by Crippen LogP contribution is -2.20. The summed E-state index contributed by atoms with van der Waals surface area (Å²) >= 11 is 0. The monoisotopic (exact) mass is 231 g/mol. The van der Waals surface area contributed by atoms with Gasteiger partial charge in [-0.1, -0.05) is 0 Å². The van der Waals surface area contributed by atoms with Crippen molar-refractivity contribution < 1.29 is 18.3 Å². The first kappa shape index (κ1) is 12.4. The van der Waals surface area contributed by atoms with Crippen molar-refractivity contribution in [2.75, 3.05) is 6.61 Å². The van der Waals surface area contributed by atoms with Gasteiger partial charge >= 0.3 is 5.97 Å². The molecule has 0 fully saturated rings. The summed E-state index contributed by atoms with van der Waals surface area (Å²) in [5.41, 5.74) is -1.36. The minimum atomic E-state index is -2.79. The molecule has 88 valence electrons. The van der Waals surface area contributed by atoms with Crippen LogP contribution in [-0.2, 0) is 16.0 Å². The minimum Gasteiger partial charge on any atom is -0.466 e. The summed E-state index contributed by atoms with van der Waals surface area (Å²) in [6.45, 7) is 1.74. The van der Waals surface area contributed by atoms with Crippen molar-refractivity contribution in [2.24, 2.45) is 0 Å². The quantitative estimate of drug-likeness (QED) is 0.797. The molecule has 0 radical (unpaired) electrons. The first-order chi connectivity index (χ1) is 7.56. The van der Waals surface area contributed by atoms with Gasteiger partial charge in [0, 0.05) is 17.3 Å². The third kappa shape index (κ3) is 2.88. The molecule has 1 heterocycles. The molecule has 1 rings (SSSR count). The Labute approximate surface area is 90.2 Å². The van der Waals surface area contributed by atoms with Crippen LogP contribution < -0.4 is 5.56 Å². The number of carbonyl (C=O) groups excluding carboxylic acids is 1. The van der Waals surface area contributed by atoms with Crippen molar-refractivity contribution >= 4 is 5.97 Å². The second-order valence-electron chi connectivity index (χ2n) is 3.02. The third-order valence-corrected chi connectivity index (χ3v) is 1.96. The number of aromatic amines is 1. The van der Waals surface area contributed by atoms with Gasteiger partial charge in [0.25, 0.3) is 12.0 Å². The van der Waals surface area contributed by atoms with Crippen LogP contribution in [0.5, 0.6) is 0 Å². The molecule has 0 aliphatic carbocycles. The Morgan fingerprint density at radius 2 is 2.25 bits per heavy atom. The largest absolute Gasteiger partial charge is 0.466 e. The van der Waals surface area contributed by atoms with Gasteiger partial charge in [-0.2, -0.15) is 0 Å². The van der Waals surface area contributed by atoms with Gasteiger partial charge in [-0.25, -0.2) is 8.78 Å². The lowest BCUT2D eigenvalue weighted by molar-refractivity contribution is -0.142. The van der Waals surface area contributed by atoms with Crippen LogP contribution in [0.4, 0.5) is 8.78 Å².